The number of imide groups is 1. The van der Waals surface area contributed by atoms with Gasteiger partial charge in [-0.1, -0.05) is 61.5 Å². The number of phenolic OH excluding ortho intramolecular Hbond substituents is 1. The molecule has 0 bridgehead atoms. The minimum atomic E-state index is -0.669. The second-order valence-electron chi connectivity index (χ2n) is 14.7. The highest BCUT2D eigenvalue weighted by atomic mass is 16.3. The Morgan fingerprint density at radius 3 is 2.17 bits per heavy atom. The number of piperazine rings is 1. The Morgan fingerprint density at radius 2 is 1.50 bits per heavy atom. The number of phenols is 1. The first-order chi connectivity index (χ1) is 26.3. The van der Waals surface area contributed by atoms with Crippen LogP contribution < -0.4 is 20.4 Å². The Morgan fingerprint density at radius 1 is 0.815 bits per heavy atom. The molecule has 7 rings (SSSR count). The number of nitrogens with one attached hydrogen (secondary N) is 2. The largest absolute Gasteiger partial charge is 0.508 e. The van der Waals surface area contributed by atoms with Gasteiger partial charge >= 0.3 is 0 Å². The van der Waals surface area contributed by atoms with E-state index in [4.69, 9.17) is 0 Å². The van der Waals surface area contributed by atoms with Crippen LogP contribution in [0.5, 0.6) is 5.75 Å². The van der Waals surface area contributed by atoms with Crippen LogP contribution >= 0.6 is 0 Å². The first kappa shape index (κ1) is 36.9. The molecule has 1 atom stereocenters. The van der Waals surface area contributed by atoms with Gasteiger partial charge < -0.3 is 20.2 Å². The summed E-state index contributed by atoms with van der Waals surface area (Å²) in [7, 11) is 0. The van der Waals surface area contributed by atoms with E-state index in [0.29, 0.717) is 12.3 Å². The van der Waals surface area contributed by atoms with Crippen LogP contribution in [0.3, 0.4) is 0 Å². The van der Waals surface area contributed by atoms with Crippen molar-refractivity contribution in [3.05, 3.63) is 119 Å². The summed E-state index contributed by atoms with van der Waals surface area (Å²) in [5.74, 6) is 0.828. The number of hydrogen-bond donors (Lipinski definition) is 3. The maximum atomic E-state index is 12.7. The average Bonchev–Trinajstić information content (AvgIpc) is 3.20. The van der Waals surface area contributed by atoms with Gasteiger partial charge in [-0.15, -0.1) is 0 Å². The fourth-order valence-electron chi connectivity index (χ4n) is 8.05. The second-order valence-corrected chi connectivity index (χ2v) is 14.7. The lowest BCUT2D eigenvalue weighted by molar-refractivity contribution is -0.137. The van der Waals surface area contributed by atoms with Gasteiger partial charge in [0.1, 0.15) is 17.6 Å². The number of aromatic hydroxyl groups is 1. The molecule has 4 heterocycles. The van der Waals surface area contributed by atoms with Gasteiger partial charge in [0.15, 0.2) is 0 Å². The topological polar surface area (TPSA) is 118 Å². The molecule has 0 saturated carbocycles. The van der Waals surface area contributed by atoms with Gasteiger partial charge in [0.2, 0.25) is 17.7 Å². The molecule has 0 spiro atoms. The van der Waals surface area contributed by atoms with Crippen molar-refractivity contribution in [2.24, 2.45) is 5.92 Å². The van der Waals surface area contributed by atoms with Gasteiger partial charge in [-0.3, -0.25) is 24.6 Å². The van der Waals surface area contributed by atoms with Gasteiger partial charge in [0, 0.05) is 64.1 Å². The summed E-state index contributed by atoms with van der Waals surface area (Å²) in [4.78, 5) is 48.1. The van der Waals surface area contributed by atoms with Crippen LogP contribution in [0.1, 0.15) is 61.3 Å². The number of piperidine rings is 2. The van der Waals surface area contributed by atoms with E-state index in [1.54, 1.807) is 18.3 Å². The van der Waals surface area contributed by atoms with Crippen LogP contribution in [-0.2, 0) is 20.8 Å². The highest BCUT2D eigenvalue weighted by molar-refractivity contribution is 6.02. The van der Waals surface area contributed by atoms with E-state index >= 15 is 0 Å². The lowest BCUT2D eigenvalue weighted by Gasteiger charge is -2.39. The van der Waals surface area contributed by atoms with Crippen molar-refractivity contribution in [1.82, 2.24) is 20.5 Å². The number of pyridine rings is 1. The summed E-state index contributed by atoms with van der Waals surface area (Å²) in [5.41, 5.74) is 8.09. The number of allylic oxidation sites excluding steroid dienone is 1. The number of nitrogens with zero attached hydrogens (tertiary/aromatic N) is 4. The Bertz CT molecular complexity index is 1950. The summed E-state index contributed by atoms with van der Waals surface area (Å²) in [5, 5.41) is 15.0. The molecule has 0 radical (unpaired) electrons. The number of rotatable bonds is 11. The average molecular weight is 727 g/mol. The Labute approximate surface area is 317 Å². The van der Waals surface area contributed by atoms with E-state index in [2.05, 4.69) is 91.8 Å². The first-order valence-corrected chi connectivity index (χ1v) is 19.3. The van der Waals surface area contributed by atoms with E-state index in [-0.39, 0.29) is 30.4 Å². The second kappa shape index (κ2) is 17.1. The molecule has 3 aliphatic rings. The molecule has 3 aromatic carbocycles. The molecule has 10 heteroatoms. The Kier molecular flexibility index (Phi) is 11.7. The molecular formula is C44H50N6O4. The van der Waals surface area contributed by atoms with E-state index in [0.717, 1.165) is 69.2 Å². The highest BCUT2D eigenvalue weighted by Crippen LogP contribution is 2.36. The quantitative estimate of drug-likeness (QED) is 0.134. The van der Waals surface area contributed by atoms with Crippen molar-refractivity contribution >= 4 is 40.4 Å². The van der Waals surface area contributed by atoms with Gasteiger partial charge in [-0.05, 0) is 101 Å². The summed E-state index contributed by atoms with van der Waals surface area (Å²) < 4.78 is 0. The lowest BCUT2D eigenvalue weighted by Crippen LogP contribution is -2.52. The van der Waals surface area contributed by atoms with Crippen LogP contribution in [0.2, 0.25) is 0 Å². The first-order valence-electron chi connectivity index (χ1n) is 19.3. The molecule has 1 aromatic heterocycles. The van der Waals surface area contributed by atoms with Gasteiger partial charge in [0.25, 0.3) is 0 Å². The van der Waals surface area contributed by atoms with E-state index in [9.17, 15) is 19.5 Å². The zero-order valence-electron chi connectivity index (χ0n) is 31.0. The van der Waals surface area contributed by atoms with Crippen molar-refractivity contribution in [3.63, 3.8) is 0 Å². The number of aromatic nitrogens is 1. The Balaban J connectivity index is 0.902. The number of carbonyl (C=O) groups excluding carboxylic acids is 3. The van der Waals surface area contributed by atoms with Crippen molar-refractivity contribution in [1.29, 1.82) is 0 Å². The third-order valence-corrected chi connectivity index (χ3v) is 11.0. The minimum absolute atomic E-state index is 0.155. The molecule has 3 aliphatic heterocycles. The maximum absolute atomic E-state index is 12.7. The number of carbonyl (C=O) groups is 3. The highest BCUT2D eigenvalue weighted by Gasteiger charge is 2.28. The van der Waals surface area contributed by atoms with Crippen molar-refractivity contribution in [3.8, 4) is 5.75 Å². The zero-order chi connectivity index (χ0) is 37.4. The zero-order valence-corrected chi connectivity index (χ0v) is 31.0. The van der Waals surface area contributed by atoms with Crippen molar-refractivity contribution in [2.45, 2.75) is 51.5 Å². The van der Waals surface area contributed by atoms with E-state index in [1.807, 2.05) is 24.3 Å². The fourth-order valence-corrected chi connectivity index (χ4v) is 8.05. The summed E-state index contributed by atoms with van der Waals surface area (Å²) in [6.07, 6.45) is 5.68. The van der Waals surface area contributed by atoms with Crippen LogP contribution in [0, 0.1) is 5.92 Å². The molecule has 3 amide bonds. The summed E-state index contributed by atoms with van der Waals surface area (Å²) in [6.45, 7) is 9.12. The van der Waals surface area contributed by atoms with E-state index in [1.165, 1.54) is 40.8 Å². The summed E-state index contributed by atoms with van der Waals surface area (Å²) in [6, 6.07) is 30.3. The SMILES string of the molecule is CC/C(=C(\c1ccc(O)cc1)c1ccc(N2CCC(CN3CCN(c4cc(CC(=O)NC5CCC(=O)NC5=O)ccn4)CC3)CC2)cc1)c1ccccc1. The molecule has 3 N–H and O–H groups in total. The normalized spacial score (nSPS) is 18.9. The number of amides is 3. The van der Waals surface area contributed by atoms with Crippen LogP contribution in [0.25, 0.3) is 11.1 Å². The molecule has 4 aromatic rings. The van der Waals surface area contributed by atoms with Crippen molar-refractivity contribution in [2.75, 3.05) is 55.6 Å². The maximum Gasteiger partial charge on any atom is 0.249 e. The van der Waals surface area contributed by atoms with Gasteiger partial charge in [-0.25, -0.2) is 4.98 Å². The number of hydrogen-bond acceptors (Lipinski definition) is 8. The van der Waals surface area contributed by atoms with Crippen LogP contribution in [-0.4, -0.2) is 84.6 Å². The van der Waals surface area contributed by atoms with Crippen LogP contribution in [0.15, 0.2) is 97.2 Å². The van der Waals surface area contributed by atoms with E-state index < -0.39 is 11.9 Å². The molecule has 280 valence electrons. The number of anilines is 2. The summed E-state index contributed by atoms with van der Waals surface area (Å²) >= 11 is 0. The molecule has 0 aliphatic carbocycles. The Hall–Kier alpha value is -5.48. The molecular weight excluding hydrogens is 677 g/mol. The van der Waals surface area contributed by atoms with Gasteiger partial charge in [0.05, 0.1) is 6.42 Å². The predicted octanol–water partition coefficient (Wildman–Crippen LogP) is 5.66. The predicted molar refractivity (Wildman–Crippen MR) is 213 cm³/mol. The molecule has 1 unspecified atom stereocenters. The molecule has 3 fully saturated rings. The molecule has 54 heavy (non-hydrogen) atoms. The number of benzene rings is 3. The van der Waals surface area contributed by atoms with Gasteiger partial charge in [-0.2, -0.15) is 0 Å². The standard InChI is InChI=1S/C44H50N6O4/c1-2-38(33-6-4-3-5-7-33)43(35-10-14-37(51)15-11-35)34-8-12-36(13-9-34)49-22-19-31(20-23-49)30-48-24-26-50(27-25-48)40-28-32(18-21-45-40)29-42(53)46-39-16-17-41(52)47-44(39)54/h3-15,18,21,28,31,39,51H,2,16-17,19-20,22-27,29-30H2,1H3,(H,46,53)(H,47,52,54)/b43-38+. The third-order valence-electron chi connectivity index (χ3n) is 11.0. The molecule has 10 nitrogen and oxygen atoms in total. The monoisotopic (exact) mass is 726 g/mol. The van der Waals surface area contributed by atoms with Crippen LogP contribution in [0.4, 0.5) is 11.5 Å². The fraction of sp³-hybridized carbons (Fsp3) is 0.364. The van der Waals surface area contributed by atoms with Crippen molar-refractivity contribution < 1.29 is 19.5 Å². The minimum Gasteiger partial charge on any atom is -0.508 e. The third kappa shape index (κ3) is 8.99. The smallest absolute Gasteiger partial charge is 0.249 e. The lowest BCUT2D eigenvalue weighted by atomic mass is 9.88. The molecule has 3 saturated heterocycles.